The predicted octanol–water partition coefficient (Wildman–Crippen LogP) is 4.95. The van der Waals surface area contributed by atoms with Gasteiger partial charge in [-0.1, -0.05) is 19.9 Å². The van der Waals surface area contributed by atoms with Crippen LogP contribution in [0, 0.1) is 5.92 Å². The van der Waals surface area contributed by atoms with Crippen molar-refractivity contribution in [3.05, 3.63) is 69.9 Å². The third-order valence-corrected chi connectivity index (χ3v) is 7.53. The lowest BCUT2D eigenvalue weighted by Gasteiger charge is -2.22. The van der Waals surface area contributed by atoms with Gasteiger partial charge >= 0.3 is 0 Å². The van der Waals surface area contributed by atoms with Crippen LogP contribution in [0.4, 0.5) is 11.4 Å². The Morgan fingerprint density at radius 1 is 0.884 bits per heavy atom. The van der Waals surface area contributed by atoms with E-state index in [-0.39, 0.29) is 28.8 Å². The van der Waals surface area contributed by atoms with Crippen molar-refractivity contribution in [1.82, 2.24) is 5.32 Å². The molecule has 2 amide bonds. The van der Waals surface area contributed by atoms with Gasteiger partial charge in [-0.2, -0.15) is 0 Å². The molecule has 43 heavy (non-hydrogen) atoms. The van der Waals surface area contributed by atoms with E-state index in [9.17, 15) is 14.4 Å². The molecular formula is C33H39N3O7. The van der Waals surface area contributed by atoms with Crippen LogP contribution >= 0.6 is 0 Å². The molecule has 2 atom stereocenters. The van der Waals surface area contributed by atoms with Crippen LogP contribution in [0.2, 0.25) is 0 Å². The van der Waals surface area contributed by atoms with Crippen molar-refractivity contribution in [2.75, 3.05) is 39.1 Å². The number of amides is 2. The first-order valence-corrected chi connectivity index (χ1v) is 14.1. The van der Waals surface area contributed by atoms with Gasteiger partial charge in [0.2, 0.25) is 23.0 Å². The lowest BCUT2D eigenvalue weighted by Crippen LogP contribution is -2.39. The van der Waals surface area contributed by atoms with Gasteiger partial charge in [0.15, 0.2) is 11.5 Å². The Balaban J connectivity index is 1.82. The summed E-state index contributed by atoms with van der Waals surface area (Å²) in [5.74, 6) is 1.45. The van der Waals surface area contributed by atoms with Gasteiger partial charge < -0.3 is 34.9 Å². The number of rotatable bonds is 10. The number of carbonyl (C=O) groups excluding carboxylic acids is 2. The van der Waals surface area contributed by atoms with Gasteiger partial charge in [0.1, 0.15) is 11.8 Å². The highest BCUT2D eigenvalue weighted by Gasteiger charge is 2.30. The quantitative estimate of drug-likeness (QED) is 0.304. The molecule has 0 bridgehead atoms. The van der Waals surface area contributed by atoms with Gasteiger partial charge in [-0.05, 0) is 77.9 Å². The van der Waals surface area contributed by atoms with E-state index in [1.54, 1.807) is 51.7 Å². The monoisotopic (exact) mass is 589 g/mol. The third kappa shape index (κ3) is 6.69. The molecule has 1 aliphatic carbocycles. The molecule has 3 aromatic rings. The van der Waals surface area contributed by atoms with E-state index in [0.29, 0.717) is 52.7 Å². The summed E-state index contributed by atoms with van der Waals surface area (Å²) in [5.41, 5.74) is 3.57. The zero-order valence-corrected chi connectivity index (χ0v) is 25.6. The molecule has 228 valence electrons. The molecule has 0 aromatic heterocycles. The lowest BCUT2D eigenvalue weighted by molar-refractivity contribution is -0.120. The average Bonchev–Trinajstić information content (AvgIpc) is 3.23. The number of hydrogen-bond donors (Lipinski definition) is 3. The summed E-state index contributed by atoms with van der Waals surface area (Å²) in [7, 11) is 6.23. The third-order valence-electron chi connectivity index (χ3n) is 7.53. The number of nitrogens with one attached hydrogen (secondary N) is 3. The van der Waals surface area contributed by atoms with E-state index < -0.39 is 12.1 Å². The van der Waals surface area contributed by atoms with E-state index in [2.05, 4.69) is 16.0 Å². The topological polar surface area (TPSA) is 124 Å². The second kappa shape index (κ2) is 13.5. The summed E-state index contributed by atoms with van der Waals surface area (Å²) in [6.07, 6.45) is 1.14. The standard InChI is InChI=1S/C33H39N3O7/c1-18(2)30(33(39)35-21-9-11-22(40-4)12-10-21)36-26-15-13-23-24(17-27(26)38)25(34-19(3)37)14-8-20-16-28(41-5)31(42-6)32(43-7)29(20)23/h9-13,15-18,25,30H,8,14H2,1-7H3,(H,34,37)(H,35,39)(H,36,38). The Morgan fingerprint density at radius 2 is 1.58 bits per heavy atom. The molecule has 4 rings (SSSR count). The SMILES string of the molecule is COc1ccc(NC(=O)C(Nc2ccc3c(cc2=O)C(NC(C)=O)CCc2cc(OC)c(OC)c(OC)c2-3)C(C)C)cc1. The fourth-order valence-corrected chi connectivity index (χ4v) is 5.42. The Hall–Kier alpha value is -4.73. The molecule has 0 spiro atoms. The average molecular weight is 590 g/mol. The highest BCUT2D eigenvalue weighted by molar-refractivity contribution is 5.97. The largest absolute Gasteiger partial charge is 0.497 e. The molecule has 10 nitrogen and oxygen atoms in total. The molecule has 1 aliphatic rings. The van der Waals surface area contributed by atoms with Gasteiger partial charge in [0, 0.05) is 18.2 Å². The summed E-state index contributed by atoms with van der Waals surface area (Å²) in [5, 5.41) is 9.11. The van der Waals surface area contributed by atoms with Crippen LogP contribution in [0.3, 0.4) is 0 Å². The number of methoxy groups -OCH3 is 4. The van der Waals surface area contributed by atoms with Crippen LogP contribution < -0.4 is 40.3 Å². The molecule has 3 aromatic carbocycles. The van der Waals surface area contributed by atoms with Crippen LogP contribution in [0.25, 0.3) is 11.1 Å². The molecular weight excluding hydrogens is 550 g/mol. The Bertz CT molecular complexity index is 1550. The second-order valence-corrected chi connectivity index (χ2v) is 10.7. The van der Waals surface area contributed by atoms with Crippen LogP contribution in [0.15, 0.2) is 53.3 Å². The number of aryl methyl sites for hydroxylation is 1. The zero-order chi connectivity index (χ0) is 31.3. The molecule has 0 saturated heterocycles. The lowest BCUT2D eigenvalue weighted by atomic mass is 9.95. The number of ether oxygens (including phenoxy) is 4. The van der Waals surface area contributed by atoms with Crippen molar-refractivity contribution in [2.24, 2.45) is 5.92 Å². The fraction of sp³-hybridized carbons (Fsp3) is 0.364. The minimum atomic E-state index is -0.714. The first-order valence-electron chi connectivity index (χ1n) is 14.1. The zero-order valence-electron chi connectivity index (χ0n) is 25.6. The molecule has 0 radical (unpaired) electrons. The number of hydrogen-bond acceptors (Lipinski definition) is 8. The Kier molecular flexibility index (Phi) is 9.80. The van der Waals surface area contributed by atoms with Gasteiger partial charge in [-0.3, -0.25) is 14.4 Å². The van der Waals surface area contributed by atoms with Crippen molar-refractivity contribution in [3.63, 3.8) is 0 Å². The molecule has 0 saturated carbocycles. The fourth-order valence-electron chi connectivity index (χ4n) is 5.42. The first kappa shape index (κ1) is 31.2. The van der Waals surface area contributed by atoms with Crippen LogP contribution in [-0.2, 0) is 16.0 Å². The normalized spacial score (nSPS) is 14.4. The summed E-state index contributed by atoms with van der Waals surface area (Å²) in [6.45, 7) is 5.26. The van der Waals surface area contributed by atoms with Crippen molar-refractivity contribution in [1.29, 1.82) is 0 Å². The van der Waals surface area contributed by atoms with Gasteiger partial charge in [-0.15, -0.1) is 0 Å². The maximum atomic E-state index is 13.7. The van der Waals surface area contributed by atoms with Crippen LogP contribution in [-0.4, -0.2) is 46.3 Å². The minimum Gasteiger partial charge on any atom is -0.497 e. The van der Waals surface area contributed by atoms with E-state index in [0.717, 1.165) is 11.1 Å². The smallest absolute Gasteiger partial charge is 0.247 e. The van der Waals surface area contributed by atoms with Crippen molar-refractivity contribution in [2.45, 2.75) is 45.7 Å². The maximum Gasteiger partial charge on any atom is 0.247 e. The Morgan fingerprint density at radius 3 is 2.16 bits per heavy atom. The highest BCUT2D eigenvalue weighted by atomic mass is 16.5. The number of carbonyl (C=O) groups is 2. The Labute approximate surface area is 251 Å². The number of fused-ring (bicyclic) bond motifs is 3. The van der Waals surface area contributed by atoms with E-state index >= 15 is 0 Å². The number of anilines is 2. The van der Waals surface area contributed by atoms with Crippen molar-refractivity contribution in [3.8, 4) is 34.1 Å². The van der Waals surface area contributed by atoms with Crippen molar-refractivity contribution < 1.29 is 28.5 Å². The minimum absolute atomic E-state index is 0.148. The predicted molar refractivity (Wildman–Crippen MR) is 167 cm³/mol. The highest BCUT2D eigenvalue weighted by Crippen LogP contribution is 2.50. The van der Waals surface area contributed by atoms with E-state index in [1.807, 2.05) is 26.0 Å². The summed E-state index contributed by atoms with van der Waals surface area (Å²) < 4.78 is 22.3. The molecule has 3 N–H and O–H groups in total. The molecule has 0 aliphatic heterocycles. The van der Waals surface area contributed by atoms with Gasteiger partial charge in [0.05, 0.1) is 40.2 Å². The van der Waals surface area contributed by atoms with E-state index in [4.69, 9.17) is 18.9 Å². The maximum absolute atomic E-state index is 13.7. The molecule has 0 fully saturated rings. The molecule has 0 heterocycles. The summed E-state index contributed by atoms with van der Waals surface area (Å²) >= 11 is 0. The van der Waals surface area contributed by atoms with Crippen molar-refractivity contribution >= 4 is 23.2 Å². The molecule has 10 heteroatoms. The van der Waals surface area contributed by atoms with Gasteiger partial charge in [0.25, 0.3) is 0 Å². The van der Waals surface area contributed by atoms with Crippen LogP contribution in [0.5, 0.6) is 23.0 Å². The molecule has 2 unspecified atom stereocenters. The first-order chi connectivity index (χ1) is 20.6. The second-order valence-electron chi connectivity index (χ2n) is 10.7. The van der Waals surface area contributed by atoms with E-state index in [1.165, 1.54) is 20.1 Å². The summed E-state index contributed by atoms with van der Waals surface area (Å²) in [6, 6.07) is 12.8. The number of benzene rings is 2. The van der Waals surface area contributed by atoms with Gasteiger partial charge in [-0.25, -0.2) is 0 Å². The summed E-state index contributed by atoms with van der Waals surface area (Å²) in [4.78, 5) is 39.3. The van der Waals surface area contributed by atoms with Crippen LogP contribution in [0.1, 0.15) is 44.4 Å².